The highest BCUT2D eigenvalue weighted by molar-refractivity contribution is 5.88. The number of carbonyl (C=O) groups is 2. The van der Waals surface area contributed by atoms with Crippen LogP contribution < -0.4 is 5.73 Å². The van der Waals surface area contributed by atoms with Crippen LogP contribution in [-0.2, 0) is 20.7 Å². The minimum atomic E-state index is -0.638. The molecule has 0 spiro atoms. The van der Waals surface area contributed by atoms with Crippen LogP contribution in [0, 0.1) is 0 Å². The van der Waals surface area contributed by atoms with E-state index in [9.17, 15) is 9.59 Å². The highest BCUT2D eigenvalue weighted by atomic mass is 16.6. The minimum Gasteiger partial charge on any atom is -0.458 e. The number of carbonyl (C=O) groups excluding carboxylic acids is 2. The van der Waals surface area contributed by atoms with Crippen molar-refractivity contribution in [2.45, 2.75) is 57.7 Å². The van der Waals surface area contributed by atoms with Crippen molar-refractivity contribution in [2.75, 3.05) is 6.54 Å². The lowest BCUT2D eigenvalue weighted by atomic mass is 10.1. The molecule has 1 aliphatic rings. The second-order valence-corrected chi connectivity index (χ2v) is 7.02. The molecule has 0 saturated carbocycles. The molecular formula is C18H26N2O3. The summed E-state index contributed by atoms with van der Waals surface area (Å²) in [5, 5.41) is 0. The summed E-state index contributed by atoms with van der Waals surface area (Å²) >= 11 is 0. The van der Waals surface area contributed by atoms with Gasteiger partial charge in [0.15, 0.2) is 0 Å². The van der Waals surface area contributed by atoms with Crippen LogP contribution in [0.3, 0.4) is 0 Å². The monoisotopic (exact) mass is 318 g/mol. The van der Waals surface area contributed by atoms with Crippen LogP contribution in [0.1, 0.15) is 39.2 Å². The summed E-state index contributed by atoms with van der Waals surface area (Å²) in [5.41, 5.74) is 6.54. The van der Waals surface area contributed by atoms with E-state index < -0.39 is 17.7 Å². The Labute approximate surface area is 137 Å². The van der Waals surface area contributed by atoms with Crippen LogP contribution >= 0.6 is 0 Å². The predicted octanol–water partition coefficient (Wildman–Crippen LogP) is 1.89. The van der Waals surface area contributed by atoms with E-state index in [0.717, 1.165) is 12.0 Å². The van der Waals surface area contributed by atoms with E-state index in [1.54, 1.807) is 4.90 Å². The molecule has 1 aromatic rings. The highest BCUT2D eigenvalue weighted by Gasteiger charge is 2.38. The van der Waals surface area contributed by atoms with Crippen LogP contribution in [0.2, 0.25) is 0 Å². The number of rotatable bonds is 4. The van der Waals surface area contributed by atoms with Gasteiger partial charge in [0.1, 0.15) is 11.6 Å². The predicted molar refractivity (Wildman–Crippen MR) is 88.7 cm³/mol. The summed E-state index contributed by atoms with van der Waals surface area (Å²) in [6, 6.07) is 8.52. The average Bonchev–Trinajstić information content (AvgIpc) is 2.95. The van der Waals surface area contributed by atoms with Gasteiger partial charge in [-0.3, -0.25) is 4.79 Å². The Balaban J connectivity index is 2.01. The van der Waals surface area contributed by atoms with Gasteiger partial charge in [-0.2, -0.15) is 0 Å². The summed E-state index contributed by atoms with van der Waals surface area (Å²) in [4.78, 5) is 26.5. The van der Waals surface area contributed by atoms with Crippen LogP contribution in [0.15, 0.2) is 30.3 Å². The van der Waals surface area contributed by atoms with Gasteiger partial charge in [0.2, 0.25) is 5.91 Å². The number of hydrogen-bond acceptors (Lipinski definition) is 4. The Morgan fingerprint density at radius 1 is 1.30 bits per heavy atom. The molecule has 1 aromatic carbocycles. The Bertz CT molecular complexity index is 551. The Morgan fingerprint density at radius 2 is 1.96 bits per heavy atom. The average molecular weight is 318 g/mol. The third kappa shape index (κ3) is 4.79. The third-order valence-corrected chi connectivity index (χ3v) is 3.83. The largest absolute Gasteiger partial charge is 0.458 e. The second kappa shape index (κ2) is 7.13. The number of amides is 1. The molecule has 2 N–H and O–H groups in total. The molecule has 1 saturated heterocycles. The van der Waals surface area contributed by atoms with E-state index in [1.807, 2.05) is 51.1 Å². The molecule has 2 atom stereocenters. The van der Waals surface area contributed by atoms with Crippen LogP contribution in [0.25, 0.3) is 0 Å². The molecule has 0 radical (unpaired) electrons. The maximum Gasteiger partial charge on any atom is 0.329 e. The zero-order valence-corrected chi connectivity index (χ0v) is 14.1. The van der Waals surface area contributed by atoms with E-state index in [0.29, 0.717) is 19.4 Å². The number of esters is 1. The fourth-order valence-corrected chi connectivity index (χ4v) is 2.81. The number of benzene rings is 1. The van der Waals surface area contributed by atoms with E-state index in [1.165, 1.54) is 0 Å². The van der Waals surface area contributed by atoms with Crippen molar-refractivity contribution in [3.05, 3.63) is 35.9 Å². The van der Waals surface area contributed by atoms with Crippen molar-refractivity contribution in [3.8, 4) is 0 Å². The van der Waals surface area contributed by atoms with Gasteiger partial charge in [-0.05, 0) is 45.6 Å². The molecule has 0 aromatic heterocycles. The molecule has 0 bridgehead atoms. The fraction of sp³-hybridized carbons (Fsp3) is 0.556. The molecule has 1 fully saturated rings. The van der Waals surface area contributed by atoms with Gasteiger partial charge >= 0.3 is 5.97 Å². The highest BCUT2D eigenvalue weighted by Crippen LogP contribution is 2.22. The third-order valence-electron chi connectivity index (χ3n) is 3.83. The lowest BCUT2D eigenvalue weighted by Crippen LogP contribution is -2.50. The molecule has 23 heavy (non-hydrogen) atoms. The number of hydrogen-bond donors (Lipinski definition) is 1. The van der Waals surface area contributed by atoms with Crippen molar-refractivity contribution in [1.29, 1.82) is 0 Å². The first-order valence-electron chi connectivity index (χ1n) is 8.11. The number of nitrogens with two attached hydrogens (primary N) is 1. The topological polar surface area (TPSA) is 72.6 Å². The second-order valence-electron chi connectivity index (χ2n) is 7.02. The lowest BCUT2D eigenvalue weighted by molar-refractivity contribution is -0.163. The van der Waals surface area contributed by atoms with Crippen LogP contribution in [-0.4, -0.2) is 41.0 Å². The van der Waals surface area contributed by atoms with Gasteiger partial charge in [-0.1, -0.05) is 30.3 Å². The van der Waals surface area contributed by atoms with E-state index in [4.69, 9.17) is 10.5 Å². The fourth-order valence-electron chi connectivity index (χ4n) is 2.81. The summed E-state index contributed by atoms with van der Waals surface area (Å²) in [5.74, 6) is -0.516. The molecular weight excluding hydrogens is 292 g/mol. The van der Waals surface area contributed by atoms with Crippen molar-refractivity contribution >= 4 is 11.9 Å². The van der Waals surface area contributed by atoms with Crippen molar-refractivity contribution in [2.24, 2.45) is 5.73 Å². The van der Waals surface area contributed by atoms with Gasteiger partial charge in [0, 0.05) is 6.54 Å². The van der Waals surface area contributed by atoms with Gasteiger partial charge in [-0.25, -0.2) is 4.79 Å². The first-order chi connectivity index (χ1) is 10.8. The van der Waals surface area contributed by atoms with E-state index in [-0.39, 0.29) is 11.9 Å². The first-order valence-corrected chi connectivity index (χ1v) is 8.11. The number of nitrogens with zero attached hydrogens (tertiary/aromatic N) is 1. The minimum absolute atomic E-state index is 0.179. The summed E-state index contributed by atoms with van der Waals surface area (Å²) in [7, 11) is 0. The van der Waals surface area contributed by atoms with Crippen LogP contribution in [0.5, 0.6) is 0 Å². The SMILES string of the molecule is CC(C)(C)OC(=O)[C@@H]1CCCN1C(=O)[C@H](N)Cc1ccccc1. The Kier molecular flexibility index (Phi) is 5.42. The van der Waals surface area contributed by atoms with E-state index in [2.05, 4.69) is 0 Å². The molecule has 5 heteroatoms. The molecule has 2 rings (SSSR count). The van der Waals surface area contributed by atoms with E-state index >= 15 is 0 Å². The van der Waals surface area contributed by atoms with Crippen LogP contribution in [0.4, 0.5) is 0 Å². The molecule has 0 aliphatic carbocycles. The Hall–Kier alpha value is -1.88. The summed E-state index contributed by atoms with van der Waals surface area (Å²) < 4.78 is 5.43. The van der Waals surface area contributed by atoms with Gasteiger partial charge in [-0.15, -0.1) is 0 Å². The van der Waals surface area contributed by atoms with Crippen molar-refractivity contribution < 1.29 is 14.3 Å². The zero-order chi connectivity index (χ0) is 17.0. The van der Waals surface area contributed by atoms with Crippen molar-refractivity contribution in [1.82, 2.24) is 4.90 Å². The lowest BCUT2D eigenvalue weighted by Gasteiger charge is -2.29. The maximum absolute atomic E-state index is 12.6. The number of ether oxygens (including phenoxy) is 1. The van der Waals surface area contributed by atoms with Gasteiger partial charge in [0.05, 0.1) is 6.04 Å². The zero-order valence-electron chi connectivity index (χ0n) is 14.1. The normalized spacial score (nSPS) is 19.5. The maximum atomic E-state index is 12.6. The quantitative estimate of drug-likeness (QED) is 0.861. The Morgan fingerprint density at radius 3 is 2.57 bits per heavy atom. The molecule has 0 unspecified atom stereocenters. The standard InChI is InChI=1S/C18H26N2O3/c1-18(2,3)23-17(22)15-10-7-11-20(15)16(21)14(19)12-13-8-5-4-6-9-13/h4-6,8-9,14-15H,7,10-12,19H2,1-3H3/t14-,15+/m1/s1. The summed E-state index contributed by atoms with van der Waals surface area (Å²) in [6.07, 6.45) is 1.91. The van der Waals surface area contributed by atoms with Gasteiger partial charge < -0.3 is 15.4 Å². The molecule has 126 valence electrons. The molecule has 5 nitrogen and oxygen atoms in total. The molecule has 1 heterocycles. The number of likely N-dealkylation sites (tertiary alicyclic amines) is 1. The van der Waals surface area contributed by atoms with Gasteiger partial charge in [0.25, 0.3) is 0 Å². The smallest absolute Gasteiger partial charge is 0.329 e. The summed E-state index contributed by atoms with van der Waals surface area (Å²) in [6.45, 7) is 6.04. The molecule has 1 aliphatic heterocycles. The van der Waals surface area contributed by atoms with Crippen molar-refractivity contribution in [3.63, 3.8) is 0 Å². The molecule has 1 amide bonds. The first kappa shape index (κ1) is 17.5.